The fraction of sp³-hybridized carbons (Fsp3) is 0.429. The third-order valence-electron chi connectivity index (χ3n) is 5.72. The number of aryl methyl sites for hydroxylation is 1. The fourth-order valence-corrected chi connectivity index (χ4v) is 4.34. The number of carbonyl (C=O) groups excluding carboxylic acids is 1. The van der Waals surface area contributed by atoms with E-state index in [9.17, 15) is 4.79 Å². The molecule has 2 aliphatic heterocycles. The van der Waals surface area contributed by atoms with Gasteiger partial charge in [0.2, 0.25) is 0 Å². The Hall–Kier alpha value is -2.56. The van der Waals surface area contributed by atoms with E-state index in [4.69, 9.17) is 4.74 Å². The van der Waals surface area contributed by atoms with Crippen LogP contribution in [0.2, 0.25) is 0 Å². The average Bonchev–Trinajstić information content (AvgIpc) is 3.18. The minimum atomic E-state index is 0.108. The van der Waals surface area contributed by atoms with Crippen LogP contribution in [0.15, 0.2) is 42.0 Å². The van der Waals surface area contributed by atoms with Crippen LogP contribution < -0.4 is 4.74 Å². The Balaban J connectivity index is 1.63. The van der Waals surface area contributed by atoms with Crippen LogP contribution in [0.25, 0.3) is 11.3 Å². The maximum Gasteiger partial charge on any atom is 0.272 e. The Labute approximate surface area is 154 Å². The van der Waals surface area contributed by atoms with E-state index in [-0.39, 0.29) is 5.91 Å². The number of benzene rings is 1. The molecule has 5 heteroatoms. The van der Waals surface area contributed by atoms with Crippen molar-refractivity contribution in [3.05, 3.63) is 47.7 Å². The maximum atomic E-state index is 13.3. The van der Waals surface area contributed by atoms with E-state index in [1.807, 2.05) is 37.4 Å². The highest BCUT2D eigenvalue weighted by molar-refractivity contribution is 5.94. The van der Waals surface area contributed by atoms with Crippen LogP contribution >= 0.6 is 0 Å². The zero-order chi connectivity index (χ0) is 18.3. The van der Waals surface area contributed by atoms with Crippen LogP contribution in [-0.4, -0.2) is 39.8 Å². The van der Waals surface area contributed by atoms with Crippen LogP contribution in [0.3, 0.4) is 0 Å². The highest BCUT2D eigenvalue weighted by Crippen LogP contribution is 2.39. The van der Waals surface area contributed by atoms with Crippen molar-refractivity contribution in [2.45, 2.75) is 44.7 Å². The van der Waals surface area contributed by atoms with Gasteiger partial charge in [-0.05, 0) is 50.8 Å². The number of aromatic nitrogens is 2. The first-order valence-electron chi connectivity index (χ1n) is 9.26. The molecule has 5 nitrogen and oxygen atoms in total. The van der Waals surface area contributed by atoms with Gasteiger partial charge in [0.15, 0.2) is 0 Å². The van der Waals surface area contributed by atoms with Crippen molar-refractivity contribution >= 4 is 5.91 Å². The minimum absolute atomic E-state index is 0.108. The summed E-state index contributed by atoms with van der Waals surface area (Å²) in [6.07, 6.45) is 6.46. The highest BCUT2D eigenvalue weighted by atomic mass is 16.5. The van der Waals surface area contributed by atoms with Gasteiger partial charge in [0, 0.05) is 24.7 Å². The minimum Gasteiger partial charge on any atom is -0.497 e. The SMILES string of the molecule is CC=C1CC2CCC(C1)N2C(=O)c1cc(-c2cccc(OC)c2)nn1C. The first-order valence-corrected chi connectivity index (χ1v) is 9.26. The molecule has 2 bridgehead atoms. The Morgan fingerprint density at radius 3 is 2.62 bits per heavy atom. The van der Waals surface area contributed by atoms with Gasteiger partial charge < -0.3 is 9.64 Å². The van der Waals surface area contributed by atoms with Gasteiger partial charge in [0.1, 0.15) is 11.4 Å². The summed E-state index contributed by atoms with van der Waals surface area (Å²) in [4.78, 5) is 15.4. The van der Waals surface area contributed by atoms with E-state index in [1.165, 1.54) is 5.57 Å². The van der Waals surface area contributed by atoms with Gasteiger partial charge in [0.25, 0.3) is 5.91 Å². The summed E-state index contributed by atoms with van der Waals surface area (Å²) in [7, 11) is 3.50. The van der Waals surface area contributed by atoms with Gasteiger partial charge in [-0.25, -0.2) is 0 Å². The van der Waals surface area contributed by atoms with Crippen molar-refractivity contribution in [2.75, 3.05) is 7.11 Å². The lowest BCUT2D eigenvalue weighted by Crippen LogP contribution is -2.45. The number of fused-ring (bicyclic) bond motifs is 2. The van der Waals surface area contributed by atoms with E-state index in [0.29, 0.717) is 17.8 Å². The molecule has 2 atom stereocenters. The van der Waals surface area contributed by atoms with Gasteiger partial charge in [-0.3, -0.25) is 9.48 Å². The van der Waals surface area contributed by atoms with Crippen LogP contribution in [0.4, 0.5) is 0 Å². The molecule has 0 radical (unpaired) electrons. The van der Waals surface area contributed by atoms with Crippen molar-refractivity contribution in [3.63, 3.8) is 0 Å². The molecule has 1 aromatic carbocycles. The Morgan fingerprint density at radius 2 is 1.96 bits per heavy atom. The van der Waals surface area contributed by atoms with Crippen molar-refractivity contribution in [1.82, 2.24) is 14.7 Å². The van der Waals surface area contributed by atoms with Gasteiger partial charge in [-0.1, -0.05) is 23.8 Å². The maximum absolute atomic E-state index is 13.3. The van der Waals surface area contributed by atoms with Crippen LogP contribution in [0.1, 0.15) is 43.1 Å². The largest absolute Gasteiger partial charge is 0.497 e. The zero-order valence-electron chi connectivity index (χ0n) is 15.6. The second-order valence-electron chi connectivity index (χ2n) is 7.22. The molecular formula is C21H25N3O2. The molecule has 0 N–H and O–H groups in total. The Bertz CT molecular complexity index is 852. The number of allylic oxidation sites excluding steroid dienone is 1. The van der Waals surface area contributed by atoms with Gasteiger partial charge in [-0.2, -0.15) is 5.10 Å². The second-order valence-corrected chi connectivity index (χ2v) is 7.22. The number of methoxy groups -OCH3 is 1. The van der Waals surface area contributed by atoms with E-state index in [0.717, 1.165) is 42.7 Å². The summed E-state index contributed by atoms with van der Waals surface area (Å²) in [6.45, 7) is 2.10. The Morgan fingerprint density at radius 1 is 1.23 bits per heavy atom. The van der Waals surface area contributed by atoms with Gasteiger partial charge in [-0.15, -0.1) is 0 Å². The smallest absolute Gasteiger partial charge is 0.272 e. The lowest BCUT2D eigenvalue weighted by Gasteiger charge is -2.36. The summed E-state index contributed by atoms with van der Waals surface area (Å²) in [6, 6.07) is 10.4. The van der Waals surface area contributed by atoms with E-state index in [1.54, 1.807) is 11.8 Å². The molecule has 0 spiro atoms. The molecule has 4 rings (SSSR count). The second kappa shape index (κ2) is 6.63. The summed E-state index contributed by atoms with van der Waals surface area (Å²) >= 11 is 0. The number of nitrogens with zero attached hydrogens (tertiary/aromatic N) is 3. The monoisotopic (exact) mass is 351 g/mol. The fourth-order valence-electron chi connectivity index (χ4n) is 4.34. The summed E-state index contributed by atoms with van der Waals surface area (Å²) in [5, 5.41) is 4.58. The predicted octanol–water partition coefficient (Wildman–Crippen LogP) is 3.81. The summed E-state index contributed by atoms with van der Waals surface area (Å²) in [5.41, 5.74) is 3.90. The molecule has 1 aromatic heterocycles. The number of carbonyl (C=O) groups is 1. The predicted molar refractivity (Wildman–Crippen MR) is 101 cm³/mol. The van der Waals surface area contributed by atoms with Gasteiger partial charge in [0.05, 0.1) is 12.8 Å². The van der Waals surface area contributed by atoms with Crippen molar-refractivity contribution in [1.29, 1.82) is 0 Å². The molecule has 136 valence electrons. The quantitative estimate of drug-likeness (QED) is 0.790. The summed E-state index contributed by atoms with van der Waals surface area (Å²) in [5.74, 6) is 0.894. The lowest BCUT2D eigenvalue weighted by atomic mass is 9.96. The van der Waals surface area contributed by atoms with Crippen LogP contribution in [-0.2, 0) is 7.05 Å². The van der Waals surface area contributed by atoms with Crippen molar-refractivity contribution in [3.8, 4) is 17.0 Å². The molecule has 0 aliphatic carbocycles. The molecule has 2 unspecified atom stereocenters. The molecule has 2 fully saturated rings. The molecule has 2 saturated heterocycles. The molecular weight excluding hydrogens is 326 g/mol. The third kappa shape index (κ3) is 2.81. The van der Waals surface area contributed by atoms with E-state index < -0.39 is 0 Å². The topological polar surface area (TPSA) is 47.4 Å². The third-order valence-corrected chi connectivity index (χ3v) is 5.72. The average molecular weight is 351 g/mol. The lowest BCUT2D eigenvalue weighted by molar-refractivity contribution is 0.0623. The van der Waals surface area contributed by atoms with Crippen molar-refractivity contribution in [2.24, 2.45) is 7.05 Å². The first-order chi connectivity index (χ1) is 12.6. The molecule has 26 heavy (non-hydrogen) atoms. The van der Waals surface area contributed by atoms with Crippen LogP contribution in [0, 0.1) is 0 Å². The number of ether oxygens (including phenoxy) is 1. The summed E-state index contributed by atoms with van der Waals surface area (Å²) < 4.78 is 7.01. The van der Waals surface area contributed by atoms with E-state index >= 15 is 0 Å². The Kier molecular flexibility index (Phi) is 4.31. The zero-order valence-corrected chi connectivity index (χ0v) is 15.6. The highest BCUT2D eigenvalue weighted by Gasteiger charge is 2.42. The van der Waals surface area contributed by atoms with E-state index in [2.05, 4.69) is 23.0 Å². The molecule has 2 aliphatic rings. The van der Waals surface area contributed by atoms with Crippen LogP contribution in [0.5, 0.6) is 5.75 Å². The standard InChI is InChI=1S/C21H25N3O2/c1-4-14-10-16-8-9-17(11-14)24(16)21(25)20-13-19(22-23(20)2)15-6-5-7-18(12-15)26-3/h4-7,12-13,16-17H,8-11H2,1-3H3. The number of rotatable bonds is 3. The molecule has 0 saturated carbocycles. The molecule has 2 aromatic rings. The van der Waals surface area contributed by atoms with Crippen molar-refractivity contribution < 1.29 is 9.53 Å². The number of piperidine rings is 1. The first kappa shape index (κ1) is 16.9. The number of hydrogen-bond acceptors (Lipinski definition) is 3. The van der Waals surface area contributed by atoms with Gasteiger partial charge >= 0.3 is 0 Å². The molecule has 1 amide bonds. The number of hydrogen-bond donors (Lipinski definition) is 0. The molecule has 3 heterocycles. The number of amides is 1. The normalized spacial score (nSPS) is 21.8.